The van der Waals surface area contributed by atoms with Crippen LogP contribution in [-0.4, -0.2) is 47.1 Å². The number of ether oxygens (including phenoxy) is 1. The molecule has 2 N–H and O–H groups in total. The molecule has 1 saturated heterocycles. The van der Waals surface area contributed by atoms with Crippen LogP contribution in [0, 0.1) is 5.92 Å². The van der Waals surface area contributed by atoms with Gasteiger partial charge in [0.05, 0.1) is 0 Å². The minimum absolute atomic E-state index is 0.0231. The molecule has 0 radical (unpaired) electrons. The second kappa shape index (κ2) is 9.74. The van der Waals surface area contributed by atoms with E-state index in [0.29, 0.717) is 38.4 Å². The summed E-state index contributed by atoms with van der Waals surface area (Å²) < 4.78 is 5.42. The molecule has 1 aliphatic heterocycles. The van der Waals surface area contributed by atoms with Crippen molar-refractivity contribution in [3.05, 3.63) is 35.9 Å². The number of rotatable bonds is 6. The molecule has 0 aromatic heterocycles. The summed E-state index contributed by atoms with van der Waals surface area (Å²) in [5.41, 5.74) is 0.683. The number of benzene rings is 1. The van der Waals surface area contributed by atoms with Crippen LogP contribution in [0.2, 0.25) is 0 Å². The minimum atomic E-state index is -0.464. The fourth-order valence-electron chi connectivity index (χ4n) is 3.22. The van der Waals surface area contributed by atoms with Gasteiger partial charge in [0.1, 0.15) is 5.60 Å². The molecule has 27 heavy (non-hydrogen) atoms. The smallest absolute Gasteiger partial charge is 0.410 e. The maximum atomic E-state index is 12.2. The number of carbonyl (C=O) groups excluding carboxylic acids is 2. The van der Waals surface area contributed by atoms with E-state index in [1.807, 2.05) is 51.1 Å². The van der Waals surface area contributed by atoms with Gasteiger partial charge in [0, 0.05) is 26.1 Å². The third-order valence-corrected chi connectivity index (χ3v) is 4.84. The molecule has 1 fully saturated rings. The molecular formula is C21H33N3O3. The van der Waals surface area contributed by atoms with E-state index < -0.39 is 5.60 Å². The van der Waals surface area contributed by atoms with Crippen molar-refractivity contribution in [3.63, 3.8) is 0 Å². The van der Waals surface area contributed by atoms with Crippen molar-refractivity contribution in [1.29, 1.82) is 0 Å². The second-order valence-electron chi connectivity index (χ2n) is 8.27. The third-order valence-electron chi connectivity index (χ3n) is 4.84. The normalized spacial score (nSPS) is 15.5. The largest absolute Gasteiger partial charge is 0.444 e. The Morgan fingerprint density at radius 1 is 1.19 bits per heavy atom. The number of piperidine rings is 1. The van der Waals surface area contributed by atoms with Crippen molar-refractivity contribution in [2.24, 2.45) is 11.8 Å². The predicted octanol–water partition coefficient (Wildman–Crippen LogP) is 3.36. The number of hydrazine groups is 1. The topological polar surface area (TPSA) is 75.9 Å². The maximum absolute atomic E-state index is 12.2. The van der Waals surface area contributed by atoms with Crippen LogP contribution in [0.1, 0.15) is 52.0 Å². The molecule has 0 aliphatic carbocycles. The molecule has 0 spiro atoms. The molecular weight excluding hydrogens is 342 g/mol. The minimum Gasteiger partial charge on any atom is -0.444 e. The summed E-state index contributed by atoms with van der Waals surface area (Å²) in [5, 5.41) is 1.35. The van der Waals surface area contributed by atoms with E-state index in [1.165, 1.54) is 5.01 Å². The fraction of sp³-hybridized carbons (Fsp3) is 0.619. The quantitative estimate of drug-likeness (QED) is 0.470. The Kier molecular flexibility index (Phi) is 7.66. The van der Waals surface area contributed by atoms with Gasteiger partial charge in [-0.2, -0.15) is 0 Å². The first-order chi connectivity index (χ1) is 12.7. The molecule has 1 aromatic rings. The van der Waals surface area contributed by atoms with Gasteiger partial charge in [0.2, 0.25) is 5.91 Å². The molecule has 2 rings (SSSR count). The molecule has 6 nitrogen and oxygen atoms in total. The summed E-state index contributed by atoms with van der Waals surface area (Å²) in [6.07, 6.45) is 3.61. The number of likely N-dealkylation sites (tertiary alicyclic amines) is 1. The van der Waals surface area contributed by atoms with Gasteiger partial charge in [-0.05, 0) is 57.9 Å². The molecule has 0 unspecified atom stereocenters. The zero-order valence-corrected chi connectivity index (χ0v) is 16.8. The first kappa shape index (κ1) is 21.2. The van der Waals surface area contributed by atoms with Gasteiger partial charge in [-0.25, -0.2) is 10.6 Å². The molecule has 0 atom stereocenters. The summed E-state index contributed by atoms with van der Waals surface area (Å²) in [6, 6.07) is 9.96. The van der Waals surface area contributed by atoms with Crippen molar-refractivity contribution in [2.45, 2.75) is 58.5 Å². The highest BCUT2D eigenvalue weighted by molar-refractivity contribution is 5.75. The van der Waals surface area contributed by atoms with Crippen LogP contribution in [0.25, 0.3) is 0 Å². The van der Waals surface area contributed by atoms with Crippen LogP contribution < -0.4 is 5.84 Å². The van der Waals surface area contributed by atoms with E-state index in [-0.39, 0.29) is 12.0 Å². The number of hydrogen-bond acceptors (Lipinski definition) is 4. The lowest BCUT2D eigenvalue weighted by atomic mass is 9.93. The number of nitrogens with two attached hydrogens (primary N) is 1. The number of aryl methyl sites for hydroxylation is 1. The standard InChI is InChI=1S/C21H33N3O3/c1-21(2,3)27-20(26)23-14-11-18(12-15-23)13-16-24(22)19(25)10-9-17-7-5-4-6-8-17/h4-8,18H,9-16,22H2,1-3H3. The van der Waals surface area contributed by atoms with Gasteiger partial charge in [-0.15, -0.1) is 0 Å². The predicted molar refractivity (Wildman–Crippen MR) is 106 cm³/mol. The lowest BCUT2D eigenvalue weighted by Gasteiger charge is -2.34. The van der Waals surface area contributed by atoms with Crippen LogP contribution in [0.3, 0.4) is 0 Å². The monoisotopic (exact) mass is 375 g/mol. The summed E-state index contributed by atoms with van der Waals surface area (Å²) >= 11 is 0. The fourth-order valence-corrected chi connectivity index (χ4v) is 3.22. The lowest BCUT2D eigenvalue weighted by molar-refractivity contribution is -0.131. The van der Waals surface area contributed by atoms with Gasteiger partial charge >= 0.3 is 6.09 Å². The average Bonchev–Trinajstić information content (AvgIpc) is 2.64. The molecule has 150 valence electrons. The van der Waals surface area contributed by atoms with Crippen molar-refractivity contribution >= 4 is 12.0 Å². The highest BCUT2D eigenvalue weighted by atomic mass is 16.6. The van der Waals surface area contributed by atoms with Crippen molar-refractivity contribution in [3.8, 4) is 0 Å². The highest BCUT2D eigenvalue weighted by Gasteiger charge is 2.27. The SMILES string of the molecule is CC(C)(C)OC(=O)N1CCC(CCN(N)C(=O)CCc2ccccc2)CC1. The summed E-state index contributed by atoms with van der Waals surface area (Å²) in [5.74, 6) is 6.40. The Labute approximate surface area is 162 Å². The zero-order valence-electron chi connectivity index (χ0n) is 16.8. The van der Waals surface area contributed by atoms with Gasteiger partial charge in [0.25, 0.3) is 0 Å². The number of carbonyl (C=O) groups is 2. The second-order valence-corrected chi connectivity index (χ2v) is 8.27. The Balaban J connectivity index is 1.65. The van der Waals surface area contributed by atoms with Crippen LogP contribution in [0.5, 0.6) is 0 Å². The van der Waals surface area contributed by atoms with E-state index in [9.17, 15) is 9.59 Å². The first-order valence-electron chi connectivity index (χ1n) is 9.81. The van der Waals surface area contributed by atoms with E-state index in [1.54, 1.807) is 4.90 Å². The number of amides is 2. The molecule has 0 bridgehead atoms. The van der Waals surface area contributed by atoms with E-state index >= 15 is 0 Å². The van der Waals surface area contributed by atoms with Crippen LogP contribution >= 0.6 is 0 Å². The molecule has 2 amide bonds. The molecule has 1 heterocycles. The van der Waals surface area contributed by atoms with Gasteiger partial charge in [-0.3, -0.25) is 9.80 Å². The summed E-state index contributed by atoms with van der Waals surface area (Å²) in [6.45, 7) is 7.59. The van der Waals surface area contributed by atoms with Crippen LogP contribution in [0.15, 0.2) is 30.3 Å². The molecule has 1 aliphatic rings. The van der Waals surface area contributed by atoms with E-state index in [2.05, 4.69) is 0 Å². The Morgan fingerprint density at radius 3 is 2.41 bits per heavy atom. The highest BCUT2D eigenvalue weighted by Crippen LogP contribution is 2.22. The van der Waals surface area contributed by atoms with Crippen LogP contribution in [-0.2, 0) is 16.0 Å². The van der Waals surface area contributed by atoms with Crippen molar-refractivity contribution in [2.75, 3.05) is 19.6 Å². The summed E-state index contributed by atoms with van der Waals surface area (Å²) in [7, 11) is 0. The van der Waals surface area contributed by atoms with Crippen molar-refractivity contribution in [1.82, 2.24) is 9.91 Å². The van der Waals surface area contributed by atoms with Crippen molar-refractivity contribution < 1.29 is 14.3 Å². The number of nitrogens with zero attached hydrogens (tertiary/aromatic N) is 2. The summed E-state index contributed by atoms with van der Waals surface area (Å²) in [4.78, 5) is 26.1. The lowest BCUT2D eigenvalue weighted by Crippen LogP contribution is -2.43. The zero-order chi connectivity index (χ0) is 19.9. The molecule has 6 heteroatoms. The van der Waals surface area contributed by atoms with E-state index in [4.69, 9.17) is 10.6 Å². The maximum Gasteiger partial charge on any atom is 0.410 e. The van der Waals surface area contributed by atoms with Gasteiger partial charge in [0.15, 0.2) is 0 Å². The third kappa shape index (κ3) is 7.59. The molecule has 1 aromatic carbocycles. The van der Waals surface area contributed by atoms with Gasteiger partial charge < -0.3 is 9.64 Å². The Hall–Kier alpha value is -2.08. The van der Waals surface area contributed by atoms with Gasteiger partial charge in [-0.1, -0.05) is 30.3 Å². The van der Waals surface area contributed by atoms with Crippen LogP contribution in [0.4, 0.5) is 4.79 Å². The Morgan fingerprint density at radius 2 is 1.81 bits per heavy atom. The number of hydrogen-bond donors (Lipinski definition) is 1. The Bertz CT molecular complexity index is 605. The van der Waals surface area contributed by atoms with E-state index in [0.717, 1.165) is 24.8 Å². The first-order valence-corrected chi connectivity index (χ1v) is 9.81. The average molecular weight is 376 g/mol. The molecule has 0 saturated carbocycles.